The number of fused-ring (bicyclic) bond motifs is 7. The van der Waals surface area contributed by atoms with Gasteiger partial charge in [0.05, 0.1) is 43.7 Å². The average Bonchev–Trinajstić information content (AvgIpc) is 3.71. The van der Waals surface area contributed by atoms with E-state index in [1.54, 1.807) is 0 Å². The molecule has 21 heteroatoms. The van der Waals surface area contributed by atoms with Crippen LogP contribution in [0.25, 0.3) is 0 Å². The van der Waals surface area contributed by atoms with Crippen LogP contribution in [-0.4, -0.2) is 183 Å². The molecule has 9 N–H and O–H groups in total. The number of allylic oxidation sites excluding steroid dienone is 1. The highest BCUT2D eigenvalue weighted by molar-refractivity contribution is 7.80. The Morgan fingerprint density at radius 2 is 1.47 bits per heavy atom. The van der Waals surface area contributed by atoms with E-state index in [0.29, 0.717) is 13.0 Å². The lowest BCUT2D eigenvalue weighted by Crippen LogP contribution is -2.65. The first-order valence-electron chi connectivity index (χ1n) is 23.6. The second-order valence-electron chi connectivity index (χ2n) is 21.2. The molecule has 0 bridgehead atoms. The first kappa shape index (κ1) is 49.7. The van der Waals surface area contributed by atoms with Gasteiger partial charge in [-0.2, -0.15) is 8.42 Å². The van der Waals surface area contributed by atoms with E-state index >= 15 is 0 Å². The third kappa shape index (κ3) is 8.29. The summed E-state index contributed by atoms with van der Waals surface area (Å²) in [5.41, 5.74) is 1.26. The van der Waals surface area contributed by atoms with Crippen LogP contribution in [0.15, 0.2) is 23.8 Å². The van der Waals surface area contributed by atoms with Crippen LogP contribution >= 0.6 is 0 Å². The van der Waals surface area contributed by atoms with E-state index in [2.05, 4.69) is 33.4 Å². The van der Waals surface area contributed by atoms with Crippen molar-refractivity contribution >= 4 is 10.4 Å². The van der Waals surface area contributed by atoms with E-state index in [1.165, 1.54) is 13.8 Å². The molecule has 9 aliphatic rings. The molecule has 5 saturated heterocycles. The summed E-state index contributed by atoms with van der Waals surface area (Å²) < 4.78 is 89.5. The van der Waals surface area contributed by atoms with Gasteiger partial charge in [-0.1, -0.05) is 44.6 Å². The van der Waals surface area contributed by atoms with Gasteiger partial charge in [-0.3, -0.25) is 4.55 Å². The van der Waals surface area contributed by atoms with Crippen LogP contribution in [-0.2, 0) is 52.5 Å². The standard InChI is InChI=1S/C45H70O20S/c1-18-9-12-45(57-17-18)19(2)30-27(64-45)15-26-24-8-7-22-13-23(60-41-36(52)34(50)32(48)28(16-46)61-41)14-29(44(22,6)25(24)10-11-43(26,30)5)62-42-39(37(53)38(21(4)59-42)65-66(54,55)56)63-40-35(51)33(49)31(47)20(3)58-40/h7,19-21,23-42,46-53H,1,8-17H2,2-6H3,(H,54,55,56)/t19-,20-,21+,23+,24+,25-,26-,27-,28+,29+,30-,31-,32+,33+,34-,35+,36+,37-,38-,39+,40-,41+,42-,43-,44-,45+/m0/s1. The fraction of sp³-hybridized carbons (Fsp3) is 0.911. The molecular formula is C45H70O20S. The van der Waals surface area contributed by atoms with Crippen molar-refractivity contribution in [2.45, 2.75) is 202 Å². The Morgan fingerprint density at radius 3 is 2.14 bits per heavy atom. The van der Waals surface area contributed by atoms with Crippen molar-refractivity contribution in [2.24, 2.45) is 40.4 Å². The number of aliphatic hydroxyl groups is 8. The number of hydrogen-bond acceptors (Lipinski definition) is 19. The smallest absolute Gasteiger partial charge is 0.394 e. The zero-order valence-electron chi connectivity index (χ0n) is 38.1. The molecule has 0 aromatic rings. The Bertz CT molecular complexity index is 1930. The molecule has 20 nitrogen and oxygen atoms in total. The van der Waals surface area contributed by atoms with Crippen LogP contribution in [0.4, 0.5) is 0 Å². The molecule has 0 unspecified atom stereocenters. The van der Waals surface area contributed by atoms with E-state index in [-0.39, 0.29) is 47.5 Å². The van der Waals surface area contributed by atoms with Crippen LogP contribution in [0, 0.1) is 40.4 Å². The van der Waals surface area contributed by atoms with Crippen molar-refractivity contribution in [1.29, 1.82) is 0 Å². The highest BCUT2D eigenvalue weighted by Gasteiger charge is 2.70. The summed E-state index contributed by atoms with van der Waals surface area (Å²) in [7, 11) is -5.15. The molecule has 4 aliphatic carbocycles. The molecule has 376 valence electrons. The van der Waals surface area contributed by atoms with E-state index in [0.717, 1.165) is 49.7 Å². The van der Waals surface area contributed by atoms with Gasteiger partial charge < -0.3 is 78.7 Å². The van der Waals surface area contributed by atoms with E-state index < -0.39 is 133 Å². The molecule has 0 aromatic carbocycles. The van der Waals surface area contributed by atoms with Gasteiger partial charge in [0.1, 0.15) is 61.0 Å². The molecule has 26 atom stereocenters. The number of hydrogen-bond donors (Lipinski definition) is 9. The van der Waals surface area contributed by atoms with Crippen molar-refractivity contribution in [2.75, 3.05) is 13.2 Å². The van der Waals surface area contributed by atoms with Gasteiger partial charge in [0, 0.05) is 24.2 Å². The first-order chi connectivity index (χ1) is 31.0. The van der Waals surface area contributed by atoms with Gasteiger partial charge in [-0.25, -0.2) is 4.18 Å². The maximum absolute atomic E-state index is 12.0. The maximum atomic E-state index is 12.0. The molecule has 5 heterocycles. The topological polar surface area (TPSA) is 299 Å². The highest BCUT2D eigenvalue weighted by Crippen LogP contribution is 2.71. The van der Waals surface area contributed by atoms with Crippen LogP contribution in [0.5, 0.6) is 0 Å². The van der Waals surface area contributed by atoms with E-state index in [9.17, 15) is 53.8 Å². The Balaban J connectivity index is 1.04. The normalized spacial score (nSPS) is 55.2. The van der Waals surface area contributed by atoms with Gasteiger partial charge in [0.25, 0.3) is 0 Å². The van der Waals surface area contributed by atoms with Gasteiger partial charge in [0.15, 0.2) is 24.7 Å². The maximum Gasteiger partial charge on any atom is 0.397 e. The Hall–Kier alpha value is -1.29. The van der Waals surface area contributed by atoms with Crippen LogP contribution in [0.3, 0.4) is 0 Å². The lowest BCUT2D eigenvalue weighted by Gasteiger charge is -2.61. The second-order valence-corrected chi connectivity index (χ2v) is 22.3. The zero-order valence-corrected chi connectivity index (χ0v) is 38.9. The molecule has 0 amide bonds. The molecule has 5 aliphatic heterocycles. The summed E-state index contributed by atoms with van der Waals surface area (Å²) in [5.74, 6) is 0.308. The lowest BCUT2D eigenvalue weighted by atomic mass is 9.46. The summed E-state index contributed by atoms with van der Waals surface area (Å²) in [4.78, 5) is 0. The second kappa shape index (κ2) is 18.1. The van der Waals surface area contributed by atoms with E-state index in [1.807, 2.05) is 0 Å². The molecule has 0 radical (unpaired) electrons. The summed E-state index contributed by atoms with van der Waals surface area (Å²) in [6.07, 6.45) is -17.4. The SMILES string of the molecule is C=C1CC[C@@]2(OC1)O[C@H]1C[C@H]3[C@@H]4CC=C5C[C@@H](O[C@@H]6O[C@H](CO)[C@@H](O)[C@H](O)[C@H]6O)C[C@@H](O[C@@H]6O[C@H](C)[C@H](OS(=O)(=O)O)[C@H](O)[C@H]6O[C@@H]6O[C@@H](C)[C@H](O)[C@@H](O)[C@H]6O)[C@]5(C)[C@H]4CC[C@]3(C)[C@H]1[C@@H]2C. The molecule has 66 heavy (non-hydrogen) atoms. The molecule has 0 aromatic heterocycles. The summed E-state index contributed by atoms with van der Waals surface area (Å²) >= 11 is 0. The minimum absolute atomic E-state index is 0.0159. The number of ether oxygens (including phenoxy) is 8. The van der Waals surface area contributed by atoms with Gasteiger partial charge in [0.2, 0.25) is 0 Å². The Labute approximate surface area is 385 Å². The van der Waals surface area contributed by atoms with E-state index in [4.69, 9.17) is 42.1 Å². The van der Waals surface area contributed by atoms with Crippen molar-refractivity contribution in [3.63, 3.8) is 0 Å². The predicted octanol–water partition coefficient (Wildman–Crippen LogP) is -0.0403. The largest absolute Gasteiger partial charge is 0.397 e. The Morgan fingerprint density at radius 1 is 0.788 bits per heavy atom. The summed E-state index contributed by atoms with van der Waals surface area (Å²) in [6, 6.07) is 0. The number of aliphatic hydroxyl groups excluding tert-OH is 8. The molecular weight excluding hydrogens is 893 g/mol. The monoisotopic (exact) mass is 962 g/mol. The summed E-state index contributed by atoms with van der Waals surface area (Å²) in [6.45, 7) is 13.6. The molecule has 8 fully saturated rings. The summed E-state index contributed by atoms with van der Waals surface area (Å²) in [5, 5.41) is 86.1. The predicted molar refractivity (Wildman–Crippen MR) is 225 cm³/mol. The highest BCUT2D eigenvalue weighted by atomic mass is 32.3. The Kier molecular flexibility index (Phi) is 13.6. The minimum atomic E-state index is -5.15. The fourth-order valence-electron chi connectivity index (χ4n) is 14.1. The average molecular weight is 963 g/mol. The van der Waals surface area contributed by atoms with Gasteiger partial charge in [-0.15, -0.1) is 0 Å². The third-order valence-electron chi connectivity index (χ3n) is 17.7. The first-order valence-corrected chi connectivity index (χ1v) is 25.0. The minimum Gasteiger partial charge on any atom is -0.394 e. The third-order valence-corrected chi connectivity index (χ3v) is 18.2. The van der Waals surface area contributed by atoms with Crippen molar-refractivity contribution in [1.82, 2.24) is 0 Å². The van der Waals surface area contributed by atoms with Gasteiger partial charge in [-0.05, 0) is 81.5 Å². The molecule has 1 spiro atoms. The van der Waals surface area contributed by atoms with Crippen LogP contribution < -0.4 is 0 Å². The molecule has 9 rings (SSSR count). The van der Waals surface area contributed by atoms with Crippen LogP contribution in [0.1, 0.15) is 86.0 Å². The van der Waals surface area contributed by atoms with Crippen molar-refractivity contribution < 1.29 is 95.9 Å². The lowest BCUT2D eigenvalue weighted by molar-refractivity contribution is -0.371. The quantitative estimate of drug-likeness (QED) is 0.108. The van der Waals surface area contributed by atoms with Crippen molar-refractivity contribution in [3.05, 3.63) is 23.8 Å². The van der Waals surface area contributed by atoms with Crippen LogP contribution in [0.2, 0.25) is 0 Å². The zero-order chi connectivity index (χ0) is 47.6. The van der Waals surface area contributed by atoms with Crippen molar-refractivity contribution in [3.8, 4) is 0 Å². The van der Waals surface area contributed by atoms with Gasteiger partial charge >= 0.3 is 10.4 Å². The number of rotatable bonds is 9. The molecule has 3 saturated carbocycles. The fourth-order valence-corrected chi connectivity index (χ4v) is 14.7.